The Morgan fingerprint density at radius 1 is 1.34 bits per heavy atom. The van der Waals surface area contributed by atoms with Gasteiger partial charge in [-0.25, -0.2) is 4.79 Å². The van der Waals surface area contributed by atoms with Crippen LogP contribution in [0.25, 0.3) is 11.4 Å². The third kappa shape index (κ3) is 6.83. The minimum atomic E-state index is -4.62. The van der Waals surface area contributed by atoms with Crippen molar-refractivity contribution in [3.8, 4) is 17.1 Å². The number of halogens is 3. The van der Waals surface area contributed by atoms with E-state index in [-0.39, 0.29) is 35.7 Å². The third-order valence-corrected chi connectivity index (χ3v) is 5.16. The standard InChI is InChI=1S/C24H29F3N4O4/c1-6-7-13-33-19-11-10-16(14-17(19)24(25,26)27)20-29-21(35-30-20)18-9-8-12-31(18)15(2)28-22(32)34-23(3,4)5/h6,10-11,14,18H,1,7-9,12-13H2,2-5H3/b28-15-/t18-/m0/s1. The first kappa shape index (κ1) is 26.2. The molecule has 2 heterocycles. The Balaban J connectivity index is 1.83. The average molecular weight is 495 g/mol. The highest BCUT2D eigenvalue weighted by atomic mass is 19.4. The van der Waals surface area contributed by atoms with Gasteiger partial charge >= 0.3 is 12.3 Å². The van der Waals surface area contributed by atoms with E-state index in [1.807, 2.05) is 4.90 Å². The molecule has 0 spiro atoms. The van der Waals surface area contributed by atoms with Gasteiger partial charge in [0.25, 0.3) is 0 Å². The topological polar surface area (TPSA) is 90.1 Å². The van der Waals surface area contributed by atoms with Crippen LogP contribution >= 0.6 is 0 Å². The summed E-state index contributed by atoms with van der Waals surface area (Å²) in [6.45, 7) is 11.1. The summed E-state index contributed by atoms with van der Waals surface area (Å²) < 4.78 is 56.8. The molecule has 0 saturated carbocycles. The fourth-order valence-corrected chi connectivity index (χ4v) is 3.65. The number of carbonyl (C=O) groups is 1. The lowest BCUT2D eigenvalue weighted by molar-refractivity contribution is -0.138. The Morgan fingerprint density at radius 2 is 2.09 bits per heavy atom. The zero-order valence-corrected chi connectivity index (χ0v) is 20.2. The van der Waals surface area contributed by atoms with Crippen LogP contribution in [0.2, 0.25) is 0 Å². The largest absolute Gasteiger partial charge is 0.493 e. The molecule has 3 rings (SSSR count). The summed E-state index contributed by atoms with van der Waals surface area (Å²) in [5.41, 5.74) is -1.45. The number of benzene rings is 1. The van der Waals surface area contributed by atoms with E-state index in [0.29, 0.717) is 25.2 Å². The van der Waals surface area contributed by atoms with Gasteiger partial charge in [0.15, 0.2) is 0 Å². The zero-order valence-electron chi connectivity index (χ0n) is 20.2. The molecule has 1 fully saturated rings. The number of rotatable bonds is 6. The van der Waals surface area contributed by atoms with Crippen LogP contribution in [-0.2, 0) is 10.9 Å². The molecule has 0 aliphatic carbocycles. The van der Waals surface area contributed by atoms with Gasteiger partial charge in [-0.1, -0.05) is 11.2 Å². The molecule has 190 valence electrons. The lowest BCUT2D eigenvalue weighted by atomic mass is 10.1. The highest BCUT2D eigenvalue weighted by Crippen LogP contribution is 2.39. The fraction of sp³-hybridized carbons (Fsp3) is 0.500. The molecule has 8 nitrogen and oxygen atoms in total. The van der Waals surface area contributed by atoms with Crippen molar-refractivity contribution in [1.82, 2.24) is 15.0 Å². The maximum Gasteiger partial charge on any atom is 0.435 e. The molecule has 0 bridgehead atoms. The maximum atomic E-state index is 13.6. The summed E-state index contributed by atoms with van der Waals surface area (Å²) in [7, 11) is 0. The lowest BCUT2D eigenvalue weighted by Gasteiger charge is -2.24. The van der Waals surface area contributed by atoms with Crippen LogP contribution in [0.15, 0.2) is 40.4 Å². The van der Waals surface area contributed by atoms with Crippen molar-refractivity contribution in [2.75, 3.05) is 13.2 Å². The minimum Gasteiger partial charge on any atom is -0.493 e. The number of amides is 1. The first-order valence-corrected chi connectivity index (χ1v) is 11.2. The van der Waals surface area contributed by atoms with Crippen LogP contribution in [0, 0.1) is 0 Å². The molecule has 1 aliphatic rings. The van der Waals surface area contributed by atoms with Crippen molar-refractivity contribution in [3.05, 3.63) is 42.3 Å². The molecule has 2 aromatic rings. The van der Waals surface area contributed by atoms with Crippen molar-refractivity contribution >= 4 is 11.9 Å². The van der Waals surface area contributed by atoms with Crippen molar-refractivity contribution in [2.24, 2.45) is 4.99 Å². The molecule has 11 heteroatoms. The smallest absolute Gasteiger partial charge is 0.435 e. The van der Waals surface area contributed by atoms with E-state index in [1.165, 1.54) is 12.1 Å². The number of ether oxygens (including phenoxy) is 2. The van der Waals surface area contributed by atoms with Crippen LogP contribution < -0.4 is 4.74 Å². The summed E-state index contributed by atoms with van der Waals surface area (Å²) in [6.07, 6.45) is -1.90. The van der Waals surface area contributed by atoms with Gasteiger partial charge in [-0.05, 0) is 65.2 Å². The molecule has 0 unspecified atom stereocenters. The quantitative estimate of drug-likeness (QED) is 0.204. The monoisotopic (exact) mass is 494 g/mol. The van der Waals surface area contributed by atoms with E-state index in [0.717, 1.165) is 12.5 Å². The van der Waals surface area contributed by atoms with Crippen LogP contribution in [0.5, 0.6) is 5.75 Å². The number of likely N-dealkylation sites (tertiary alicyclic amines) is 1. The Kier molecular flexibility index (Phi) is 7.86. The van der Waals surface area contributed by atoms with Crippen LogP contribution in [0.3, 0.4) is 0 Å². The maximum absolute atomic E-state index is 13.6. The molecule has 1 aromatic carbocycles. The van der Waals surface area contributed by atoms with Crippen molar-refractivity contribution in [3.63, 3.8) is 0 Å². The predicted octanol–water partition coefficient (Wildman–Crippen LogP) is 6.20. The Bertz CT molecular complexity index is 1090. The number of alkyl halides is 3. The number of nitrogens with zero attached hydrogens (tertiary/aromatic N) is 4. The SMILES string of the molecule is C=CCCOc1ccc(-c2noc([C@@H]3CCCN3/C(C)=N\C(=O)OC(C)(C)C)n2)cc1C(F)(F)F. The van der Waals surface area contributed by atoms with E-state index in [9.17, 15) is 18.0 Å². The second-order valence-electron chi connectivity index (χ2n) is 9.08. The van der Waals surface area contributed by atoms with Gasteiger partial charge in [-0.3, -0.25) is 0 Å². The Labute approximate surface area is 201 Å². The fourth-order valence-electron chi connectivity index (χ4n) is 3.65. The van der Waals surface area contributed by atoms with E-state index in [2.05, 4.69) is 21.7 Å². The highest BCUT2D eigenvalue weighted by molar-refractivity contribution is 5.90. The van der Waals surface area contributed by atoms with Crippen molar-refractivity contribution < 1.29 is 32.0 Å². The highest BCUT2D eigenvalue weighted by Gasteiger charge is 2.36. The second-order valence-corrected chi connectivity index (χ2v) is 9.08. The van der Waals surface area contributed by atoms with Gasteiger partial charge in [0.2, 0.25) is 11.7 Å². The second kappa shape index (κ2) is 10.5. The number of carbonyl (C=O) groups excluding carboxylic acids is 1. The Morgan fingerprint density at radius 3 is 2.74 bits per heavy atom. The summed E-state index contributed by atoms with van der Waals surface area (Å²) >= 11 is 0. The predicted molar refractivity (Wildman–Crippen MR) is 123 cm³/mol. The molecule has 1 aromatic heterocycles. The summed E-state index contributed by atoms with van der Waals surface area (Å²) in [4.78, 5) is 22.3. The van der Waals surface area contributed by atoms with E-state index < -0.39 is 23.4 Å². The van der Waals surface area contributed by atoms with E-state index in [4.69, 9.17) is 14.0 Å². The molecular weight excluding hydrogens is 465 g/mol. The molecule has 0 N–H and O–H groups in total. The van der Waals surface area contributed by atoms with Crippen LogP contribution in [0.1, 0.15) is 64.5 Å². The van der Waals surface area contributed by atoms with Gasteiger partial charge in [-0.15, -0.1) is 6.58 Å². The minimum absolute atomic E-state index is 0.0247. The van der Waals surface area contributed by atoms with Crippen LogP contribution in [-0.4, -0.2) is 45.7 Å². The summed E-state index contributed by atoms with van der Waals surface area (Å²) in [5, 5.41) is 3.90. The number of hydrogen-bond donors (Lipinski definition) is 0. The molecule has 35 heavy (non-hydrogen) atoms. The number of hydrogen-bond acceptors (Lipinski definition) is 6. The van der Waals surface area contributed by atoms with Gasteiger partial charge < -0.3 is 18.9 Å². The third-order valence-electron chi connectivity index (χ3n) is 5.16. The molecule has 1 amide bonds. The molecule has 1 saturated heterocycles. The normalized spacial score (nSPS) is 16.9. The number of amidine groups is 1. The molecule has 1 aliphatic heterocycles. The summed E-state index contributed by atoms with van der Waals surface area (Å²) in [6, 6.07) is 3.29. The van der Waals surface area contributed by atoms with E-state index >= 15 is 0 Å². The van der Waals surface area contributed by atoms with Crippen molar-refractivity contribution in [1.29, 1.82) is 0 Å². The molecular formula is C24H29F3N4O4. The lowest BCUT2D eigenvalue weighted by Crippen LogP contribution is -2.30. The zero-order chi connectivity index (χ0) is 25.8. The van der Waals surface area contributed by atoms with Crippen LogP contribution in [0.4, 0.5) is 18.0 Å². The molecule has 1 atom stereocenters. The molecule has 0 radical (unpaired) electrons. The first-order chi connectivity index (χ1) is 16.4. The number of aliphatic imine (C=N–C) groups is 1. The summed E-state index contributed by atoms with van der Waals surface area (Å²) in [5.74, 6) is 0.414. The average Bonchev–Trinajstić information content (AvgIpc) is 3.41. The Hall–Kier alpha value is -3.37. The van der Waals surface area contributed by atoms with Gasteiger partial charge in [0, 0.05) is 12.1 Å². The van der Waals surface area contributed by atoms with Gasteiger partial charge in [0.05, 0.1) is 12.2 Å². The van der Waals surface area contributed by atoms with Crippen molar-refractivity contribution in [2.45, 2.75) is 64.8 Å². The van der Waals surface area contributed by atoms with E-state index in [1.54, 1.807) is 33.8 Å². The van der Waals surface area contributed by atoms with Gasteiger partial charge in [0.1, 0.15) is 23.2 Å². The van der Waals surface area contributed by atoms with Gasteiger partial charge in [-0.2, -0.15) is 23.1 Å². The number of aromatic nitrogens is 2. The first-order valence-electron chi connectivity index (χ1n) is 11.2.